The van der Waals surface area contributed by atoms with Crippen molar-refractivity contribution in [3.63, 3.8) is 0 Å². The molecule has 0 radical (unpaired) electrons. The molecule has 0 unspecified atom stereocenters. The zero-order valence-corrected chi connectivity index (χ0v) is 11.5. The zero-order valence-electron chi connectivity index (χ0n) is 11.5. The van der Waals surface area contributed by atoms with Crippen LogP contribution in [0.15, 0.2) is 18.2 Å². The van der Waals surface area contributed by atoms with Crippen LogP contribution in [0.3, 0.4) is 0 Å². The Kier molecular flexibility index (Phi) is 3.54. The number of aromatic carboxylic acids is 1. The van der Waals surface area contributed by atoms with Gasteiger partial charge < -0.3 is 14.9 Å². The van der Waals surface area contributed by atoms with Crippen LogP contribution in [-0.2, 0) is 10.3 Å². The largest absolute Gasteiger partial charge is 0.508 e. The molecule has 1 heterocycles. The van der Waals surface area contributed by atoms with Crippen molar-refractivity contribution in [1.82, 2.24) is 0 Å². The molecule has 1 fully saturated rings. The lowest BCUT2D eigenvalue weighted by molar-refractivity contribution is -0.0510. The summed E-state index contributed by atoms with van der Waals surface area (Å²) in [6.45, 7) is 6.18. The van der Waals surface area contributed by atoms with E-state index in [1.54, 1.807) is 6.07 Å². The number of benzene rings is 1. The quantitative estimate of drug-likeness (QED) is 0.880. The van der Waals surface area contributed by atoms with Gasteiger partial charge in [0.15, 0.2) is 0 Å². The summed E-state index contributed by atoms with van der Waals surface area (Å²) in [7, 11) is 0. The number of rotatable bonds is 3. The molecule has 0 aromatic heterocycles. The summed E-state index contributed by atoms with van der Waals surface area (Å²) in [6, 6.07) is 4.45. The van der Waals surface area contributed by atoms with Crippen molar-refractivity contribution >= 4 is 5.97 Å². The van der Waals surface area contributed by atoms with E-state index in [0.29, 0.717) is 11.5 Å². The number of phenolic OH excluding ortho intramolecular Hbond substituents is 1. The van der Waals surface area contributed by atoms with Gasteiger partial charge in [-0.15, -0.1) is 0 Å². The number of carboxylic acid groups (broad SMARTS) is 1. The average molecular weight is 264 g/mol. The highest BCUT2D eigenvalue weighted by Gasteiger charge is 2.40. The molecule has 0 spiro atoms. The summed E-state index contributed by atoms with van der Waals surface area (Å²) in [4.78, 5) is 10.9. The van der Waals surface area contributed by atoms with Crippen LogP contribution in [0.4, 0.5) is 0 Å². The normalized spacial score (nSPS) is 26.8. The van der Waals surface area contributed by atoms with Gasteiger partial charge in [-0.3, -0.25) is 0 Å². The van der Waals surface area contributed by atoms with Gasteiger partial charge in [-0.2, -0.15) is 0 Å². The first-order valence-corrected chi connectivity index (χ1v) is 6.58. The van der Waals surface area contributed by atoms with E-state index in [1.165, 1.54) is 12.1 Å². The fraction of sp³-hybridized carbons (Fsp3) is 0.533. The molecule has 0 bridgehead atoms. The Balaban J connectivity index is 2.30. The predicted octanol–water partition coefficient (Wildman–Crippen LogP) is 3.14. The summed E-state index contributed by atoms with van der Waals surface area (Å²) in [6.07, 6.45) is 1.97. The van der Waals surface area contributed by atoms with E-state index in [0.717, 1.165) is 12.8 Å². The molecule has 2 rings (SSSR count). The van der Waals surface area contributed by atoms with Crippen molar-refractivity contribution in [1.29, 1.82) is 0 Å². The topological polar surface area (TPSA) is 66.8 Å². The maximum Gasteiger partial charge on any atom is 0.335 e. The smallest absolute Gasteiger partial charge is 0.335 e. The number of hydrogen-bond donors (Lipinski definition) is 2. The Morgan fingerprint density at radius 1 is 1.47 bits per heavy atom. The van der Waals surface area contributed by atoms with Crippen molar-refractivity contribution in [3.05, 3.63) is 29.3 Å². The Bertz CT molecular complexity index is 495. The van der Waals surface area contributed by atoms with E-state index in [1.807, 2.05) is 6.92 Å². The summed E-state index contributed by atoms with van der Waals surface area (Å²) < 4.78 is 6.07. The van der Waals surface area contributed by atoms with Crippen LogP contribution in [0.25, 0.3) is 0 Å². The van der Waals surface area contributed by atoms with Gasteiger partial charge in [0.1, 0.15) is 5.75 Å². The summed E-state index contributed by atoms with van der Waals surface area (Å²) >= 11 is 0. The third-order valence-corrected chi connectivity index (χ3v) is 3.88. The highest BCUT2D eigenvalue weighted by molar-refractivity contribution is 5.88. The van der Waals surface area contributed by atoms with Crippen LogP contribution < -0.4 is 0 Å². The SMILES string of the molecule is CC(C)[C@@H]1CC[C@](C)(c2ccc(C(=O)O)cc2O)O1. The molecule has 2 N–H and O–H groups in total. The Hall–Kier alpha value is -1.55. The highest BCUT2D eigenvalue weighted by atomic mass is 16.5. The molecule has 0 aliphatic carbocycles. The number of aromatic hydroxyl groups is 1. The van der Waals surface area contributed by atoms with Crippen LogP contribution in [0, 0.1) is 5.92 Å². The fourth-order valence-electron chi connectivity index (χ4n) is 2.65. The molecule has 104 valence electrons. The van der Waals surface area contributed by atoms with E-state index < -0.39 is 11.6 Å². The highest BCUT2D eigenvalue weighted by Crippen LogP contribution is 2.44. The third kappa shape index (κ3) is 2.59. The minimum Gasteiger partial charge on any atom is -0.508 e. The number of carboxylic acids is 1. The minimum absolute atomic E-state index is 0.00759. The van der Waals surface area contributed by atoms with Crippen LogP contribution in [0.2, 0.25) is 0 Å². The maximum absolute atomic E-state index is 10.9. The lowest BCUT2D eigenvalue weighted by Gasteiger charge is -2.27. The molecule has 1 aliphatic heterocycles. The maximum atomic E-state index is 10.9. The monoisotopic (exact) mass is 264 g/mol. The molecule has 19 heavy (non-hydrogen) atoms. The molecular formula is C15H20O4. The minimum atomic E-state index is -1.04. The van der Waals surface area contributed by atoms with Gasteiger partial charge in [-0.1, -0.05) is 19.9 Å². The second-order valence-corrected chi connectivity index (χ2v) is 5.71. The number of carbonyl (C=O) groups is 1. The standard InChI is InChI=1S/C15H20O4/c1-9(2)13-6-7-15(3,19-13)11-5-4-10(14(17)18)8-12(11)16/h4-5,8-9,13,16H,6-7H2,1-3H3,(H,17,18)/t13-,15+/m0/s1. The molecule has 1 aliphatic rings. The van der Waals surface area contributed by atoms with Gasteiger partial charge in [-0.25, -0.2) is 4.79 Å². The van der Waals surface area contributed by atoms with Gasteiger partial charge in [0.2, 0.25) is 0 Å². The first-order valence-electron chi connectivity index (χ1n) is 6.58. The molecule has 0 saturated carbocycles. The molecule has 2 atom stereocenters. The summed E-state index contributed by atoms with van der Waals surface area (Å²) in [5, 5.41) is 18.9. The molecular weight excluding hydrogens is 244 g/mol. The molecule has 0 amide bonds. The van der Waals surface area contributed by atoms with E-state index in [4.69, 9.17) is 9.84 Å². The van der Waals surface area contributed by atoms with Crippen molar-refractivity contribution in [2.24, 2.45) is 5.92 Å². The lowest BCUT2D eigenvalue weighted by Crippen LogP contribution is -2.24. The van der Waals surface area contributed by atoms with Crippen LogP contribution in [0.5, 0.6) is 5.75 Å². The van der Waals surface area contributed by atoms with Gasteiger partial charge >= 0.3 is 5.97 Å². The molecule has 1 aromatic carbocycles. The van der Waals surface area contributed by atoms with Crippen LogP contribution >= 0.6 is 0 Å². The van der Waals surface area contributed by atoms with Crippen molar-refractivity contribution in [3.8, 4) is 5.75 Å². The molecule has 1 saturated heterocycles. The first-order chi connectivity index (χ1) is 8.83. The van der Waals surface area contributed by atoms with Crippen molar-refractivity contribution in [2.75, 3.05) is 0 Å². The molecule has 4 nitrogen and oxygen atoms in total. The van der Waals surface area contributed by atoms with Crippen LogP contribution in [0.1, 0.15) is 49.5 Å². The second kappa shape index (κ2) is 4.85. The third-order valence-electron chi connectivity index (χ3n) is 3.88. The number of ether oxygens (including phenoxy) is 1. The fourth-order valence-corrected chi connectivity index (χ4v) is 2.65. The van der Waals surface area contributed by atoms with Crippen LogP contribution in [-0.4, -0.2) is 22.3 Å². The lowest BCUT2D eigenvalue weighted by atomic mass is 9.90. The Morgan fingerprint density at radius 3 is 2.63 bits per heavy atom. The second-order valence-electron chi connectivity index (χ2n) is 5.71. The van der Waals surface area contributed by atoms with E-state index in [2.05, 4.69) is 13.8 Å². The number of hydrogen-bond acceptors (Lipinski definition) is 3. The van der Waals surface area contributed by atoms with Crippen molar-refractivity contribution < 1.29 is 19.7 Å². The predicted molar refractivity (Wildman–Crippen MR) is 71.4 cm³/mol. The summed E-state index contributed by atoms with van der Waals surface area (Å²) in [5.41, 5.74) is 0.222. The van der Waals surface area contributed by atoms with E-state index in [-0.39, 0.29) is 17.4 Å². The summed E-state index contributed by atoms with van der Waals surface area (Å²) in [5.74, 6) is -0.617. The average Bonchev–Trinajstić information content (AvgIpc) is 2.72. The Labute approximate surface area is 113 Å². The van der Waals surface area contributed by atoms with E-state index in [9.17, 15) is 9.90 Å². The molecule has 4 heteroatoms. The van der Waals surface area contributed by atoms with E-state index >= 15 is 0 Å². The van der Waals surface area contributed by atoms with Gasteiger partial charge in [-0.05, 0) is 37.8 Å². The van der Waals surface area contributed by atoms with Crippen molar-refractivity contribution in [2.45, 2.75) is 45.3 Å². The van der Waals surface area contributed by atoms with Gasteiger partial charge in [0.25, 0.3) is 0 Å². The zero-order chi connectivity index (χ0) is 14.2. The first kappa shape index (κ1) is 13.9. The molecule has 1 aromatic rings. The number of phenols is 1. The van der Waals surface area contributed by atoms with Gasteiger partial charge in [0, 0.05) is 5.56 Å². The van der Waals surface area contributed by atoms with Gasteiger partial charge in [0.05, 0.1) is 17.3 Å². The Morgan fingerprint density at radius 2 is 2.16 bits per heavy atom.